The van der Waals surface area contributed by atoms with Crippen molar-refractivity contribution >= 4 is 17.3 Å². The molecule has 1 aliphatic carbocycles. The Morgan fingerprint density at radius 2 is 2.14 bits per heavy atom. The molecule has 0 saturated heterocycles. The number of nitrogens with one attached hydrogen (secondary N) is 1. The van der Waals surface area contributed by atoms with Crippen LogP contribution in [0.4, 0.5) is 11.4 Å². The largest absolute Gasteiger partial charge is 0.494 e. The first-order chi connectivity index (χ1) is 10.0. The summed E-state index contributed by atoms with van der Waals surface area (Å²) in [7, 11) is 1.41. The van der Waals surface area contributed by atoms with Crippen LogP contribution in [-0.4, -0.2) is 24.5 Å². The molecule has 1 fully saturated rings. The van der Waals surface area contributed by atoms with Crippen LogP contribution in [0.1, 0.15) is 25.7 Å². The van der Waals surface area contributed by atoms with Crippen molar-refractivity contribution in [3.8, 4) is 5.75 Å². The molecule has 0 radical (unpaired) electrons. The average molecular weight is 293 g/mol. The smallest absolute Gasteiger partial charge is 0.273 e. The Morgan fingerprint density at radius 1 is 1.48 bits per heavy atom. The fraction of sp³-hybridized carbons (Fsp3) is 0.500. The van der Waals surface area contributed by atoms with Gasteiger partial charge in [-0.3, -0.25) is 14.9 Å². The standard InChI is InChI=1S/C14H19N3O4/c1-21-12-8-10(17(19)20)4-5-11(12)16-13(18)14(9-15)6-2-3-7-14/h4-5,8H,2-3,6-7,9,15H2,1H3,(H,16,18). The van der Waals surface area contributed by atoms with Gasteiger partial charge >= 0.3 is 0 Å². The second-order valence-corrected chi connectivity index (χ2v) is 5.29. The van der Waals surface area contributed by atoms with Gasteiger partial charge in [0.25, 0.3) is 5.69 Å². The van der Waals surface area contributed by atoms with Gasteiger partial charge in [0.15, 0.2) is 0 Å². The van der Waals surface area contributed by atoms with E-state index in [9.17, 15) is 14.9 Å². The van der Waals surface area contributed by atoms with E-state index in [1.807, 2.05) is 0 Å². The minimum absolute atomic E-state index is 0.0840. The highest BCUT2D eigenvalue weighted by molar-refractivity contribution is 5.97. The van der Waals surface area contributed by atoms with Crippen LogP contribution in [0, 0.1) is 15.5 Å². The van der Waals surface area contributed by atoms with E-state index in [-0.39, 0.29) is 17.3 Å². The molecular formula is C14H19N3O4. The van der Waals surface area contributed by atoms with Crippen LogP contribution >= 0.6 is 0 Å². The number of ether oxygens (including phenoxy) is 1. The normalized spacial score (nSPS) is 16.5. The predicted molar refractivity (Wildman–Crippen MR) is 78.2 cm³/mol. The molecular weight excluding hydrogens is 274 g/mol. The minimum Gasteiger partial charge on any atom is -0.494 e. The van der Waals surface area contributed by atoms with Gasteiger partial charge in [-0.1, -0.05) is 12.8 Å². The van der Waals surface area contributed by atoms with E-state index in [1.54, 1.807) is 0 Å². The number of nitro benzene ring substituents is 1. The second-order valence-electron chi connectivity index (χ2n) is 5.29. The molecule has 2 rings (SSSR count). The zero-order valence-corrected chi connectivity index (χ0v) is 11.9. The van der Waals surface area contributed by atoms with E-state index in [2.05, 4.69) is 5.32 Å². The summed E-state index contributed by atoms with van der Waals surface area (Å²) in [6, 6.07) is 4.11. The Bertz CT molecular complexity index is 553. The zero-order chi connectivity index (χ0) is 15.5. The van der Waals surface area contributed by atoms with E-state index in [1.165, 1.54) is 25.3 Å². The van der Waals surface area contributed by atoms with Crippen molar-refractivity contribution in [1.82, 2.24) is 0 Å². The predicted octanol–water partition coefficient (Wildman–Crippen LogP) is 2.06. The van der Waals surface area contributed by atoms with Crippen LogP contribution in [0.5, 0.6) is 5.75 Å². The summed E-state index contributed by atoms with van der Waals surface area (Å²) in [4.78, 5) is 22.7. The average Bonchev–Trinajstić information content (AvgIpc) is 2.97. The highest BCUT2D eigenvalue weighted by Gasteiger charge is 2.40. The molecule has 1 saturated carbocycles. The Morgan fingerprint density at radius 3 is 2.67 bits per heavy atom. The zero-order valence-electron chi connectivity index (χ0n) is 11.9. The summed E-state index contributed by atoms with van der Waals surface area (Å²) in [5.41, 5.74) is 5.58. The fourth-order valence-corrected chi connectivity index (χ4v) is 2.73. The Balaban J connectivity index is 2.22. The molecule has 114 valence electrons. The third-order valence-corrected chi connectivity index (χ3v) is 4.08. The highest BCUT2D eigenvalue weighted by Crippen LogP contribution is 2.39. The molecule has 0 bridgehead atoms. The molecule has 0 heterocycles. The minimum atomic E-state index is -0.535. The number of hydrogen-bond acceptors (Lipinski definition) is 5. The molecule has 0 unspecified atom stereocenters. The first kappa shape index (κ1) is 15.2. The second kappa shape index (κ2) is 6.09. The molecule has 0 atom stereocenters. The van der Waals surface area contributed by atoms with Crippen LogP contribution in [0.25, 0.3) is 0 Å². The van der Waals surface area contributed by atoms with Gasteiger partial charge in [0.2, 0.25) is 5.91 Å². The lowest BCUT2D eigenvalue weighted by atomic mass is 9.85. The van der Waals surface area contributed by atoms with Crippen molar-refractivity contribution in [1.29, 1.82) is 0 Å². The van der Waals surface area contributed by atoms with E-state index in [0.29, 0.717) is 12.2 Å². The van der Waals surface area contributed by atoms with E-state index in [4.69, 9.17) is 10.5 Å². The number of carbonyl (C=O) groups excluding carboxylic acids is 1. The number of nitrogens with zero attached hydrogens (tertiary/aromatic N) is 1. The lowest BCUT2D eigenvalue weighted by Gasteiger charge is -2.26. The molecule has 3 N–H and O–H groups in total. The molecule has 1 aromatic carbocycles. The Hall–Kier alpha value is -2.15. The SMILES string of the molecule is COc1cc([N+](=O)[O-])ccc1NC(=O)C1(CN)CCCC1. The van der Waals surface area contributed by atoms with Crippen LogP contribution in [0.15, 0.2) is 18.2 Å². The van der Waals surface area contributed by atoms with E-state index >= 15 is 0 Å². The van der Waals surface area contributed by atoms with Crippen LogP contribution in [0.2, 0.25) is 0 Å². The van der Waals surface area contributed by atoms with E-state index in [0.717, 1.165) is 25.7 Å². The number of nitro groups is 1. The first-order valence-corrected chi connectivity index (χ1v) is 6.86. The lowest BCUT2D eigenvalue weighted by molar-refractivity contribution is -0.384. The van der Waals surface area contributed by atoms with Crippen LogP contribution in [0.3, 0.4) is 0 Å². The topological polar surface area (TPSA) is 107 Å². The van der Waals surface area contributed by atoms with Crippen molar-refractivity contribution in [2.24, 2.45) is 11.1 Å². The highest BCUT2D eigenvalue weighted by atomic mass is 16.6. The number of nitrogens with two attached hydrogens (primary N) is 1. The summed E-state index contributed by atoms with van der Waals surface area (Å²) >= 11 is 0. The molecule has 0 aromatic heterocycles. The van der Waals surface area contributed by atoms with Crippen molar-refractivity contribution in [2.75, 3.05) is 19.0 Å². The summed E-state index contributed by atoms with van der Waals surface area (Å²) in [5.74, 6) is 0.123. The van der Waals surface area contributed by atoms with Crippen molar-refractivity contribution < 1.29 is 14.5 Å². The molecule has 1 aromatic rings. The van der Waals surface area contributed by atoms with Crippen molar-refractivity contribution in [3.63, 3.8) is 0 Å². The van der Waals surface area contributed by atoms with E-state index < -0.39 is 10.3 Å². The fourth-order valence-electron chi connectivity index (χ4n) is 2.73. The molecule has 21 heavy (non-hydrogen) atoms. The number of non-ortho nitro benzene ring substituents is 1. The van der Waals surface area contributed by atoms with Crippen LogP contribution < -0.4 is 15.8 Å². The number of hydrogen-bond donors (Lipinski definition) is 2. The van der Waals surface area contributed by atoms with Crippen molar-refractivity contribution in [2.45, 2.75) is 25.7 Å². The Labute approximate surface area is 122 Å². The number of rotatable bonds is 5. The number of benzene rings is 1. The molecule has 1 amide bonds. The van der Waals surface area contributed by atoms with Gasteiger partial charge in [0, 0.05) is 12.6 Å². The van der Waals surface area contributed by atoms with Gasteiger partial charge in [-0.15, -0.1) is 0 Å². The van der Waals surface area contributed by atoms with Crippen molar-refractivity contribution in [3.05, 3.63) is 28.3 Å². The number of amides is 1. The lowest BCUT2D eigenvalue weighted by Crippen LogP contribution is -2.40. The molecule has 1 aliphatic rings. The molecule has 0 spiro atoms. The Kier molecular flexibility index (Phi) is 4.42. The molecule has 7 nitrogen and oxygen atoms in total. The van der Waals surface area contributed by atoms with Gasteiger partial charge in [0.05, 0.1) is 29.2 Å². The quantitative estimate of drug-likeness (QED) is 0.638. The van der Waals surface area contributed by atoms with Gasteiger partial charge in [-0.2, -0.15) is 0 Å². The summed E-state index contributed by atoms with van der Waals surface area (Å²) in [6.45, 7) is 0.300. The van der Waals surface area contributed by atoms with Gasteiger partial charge in [-0.05, 0) is 18.9 Å². The third kappa shape index (κ3) is 2.97. The summed E-state index contributed by atoms with van der Waals surface area (Å²) in [5, 5.41) is 13.5. The summed E-state index contributed by atoms with van der Waals surface area (Å²) in [6.07, 6.45) is 3.51. The van der Waals surface area contributed by atoms with Gasteiger partial charge in [-0.25, -0.2) is 0 Å². The van der Waals surface area contributed by atoms with Crippen LogP contribution in [-0.2, 0) is 4.79 Å². The maximum atomic E-state index is 12.5. The molecule has 0 aliphatic heterocycles. The molecule has 7 heteroatoms. The van der Waals surface area contributed by atoms with Gasteiger partial charge < -0.3 is 15.8 Å². The maximum absolute atomic E-state index is 12.5. The third-order valence-electron chi connectivity index (χ3n) is 4.08. The number of carbonyl (C=O) groups is 1. The number of anilines is 1. The monoisotopic (exact) mass is 293 g/mol. The first-order valence-electron chi connectivity index (χ1n) is 6.86. The number of methoxy groups -OCH3 is 1. The maximum Gasteiger partial charge on any atom is 0.273 e. The summed E-state index contributed by atoms with van der Waals surface area (Å²) < 4.78 is 5.12. The van der Waals surface area contributed by atoms with Gasteiger partial charge in [0.1, 0.15) is 5.75 Å².